The summed E-state index contributed by atoms with van der Waals surface area (Å²) in [5.74, 6) is 0.592. The highest BCUT2D eigenvalue weighted by Gasteiger charge is 2.15. The Morgan fingerprint density at radius 1 is 1.41 bits per heavy atom. The summed E-state index contributed by atoms with van der Waals surface area (Å²) < 4.78 is 0. The number of carbonyl (C=O) groups excluding carboxylic acids is 1. The third kappa shape index (κ3) is 2.91. The molecule has 0 fully saturated rings. The third-order valence-electron chi connectivity index (χ3n) is 2.79. The van der Waals surface area contributed by atoms with Crippen molar-refractivity contribution >= 4 is 11.7 Å². The summed E-state index contributed by atoms with van der Waals surface area (Å²) >= 11 is 0. The van der Waals surface area contributed by atoms with Gasteiger partial charge < -0.3 is 16.0 Å². The fraction of sp³-hybridized carbons (Fsp3) is 0.545. The molecule has 94 valence electrons. The first kappa shape index (κ1) is 13.4. The van der Waals surface area contributed by atoms with E-state index in [0.717, 1.165) is 16.8 Å². The standard InChI is InChI=1S/C11H19N5O/c1-7-8(2)14-15-11(9(7)5-12)16(4)6-10(17)13-3/h5-6,12H2,1-4H3,(H,13,17). The van der Waals surface area contributed by atoms with E-state index in [1.54, 1.807) is 19.0 Å². The Hall–Kier alpha value is -1.69. The van der Waals surface area contributed by atoms with Crippen LogP contribution >= 0.6 is 0 Å². The van der Waals surface area contributed by atoms with Crippen LogP contribution in [0.1, 0.15) is 16.8 Å². The van der Waals surface area contributed by atoms with Crippen molar-refractivity contribution in [1.29, 1.82) is 0 Å². The minimum atomic E-state index is -0.0736. The maximum absolute atomic E-state index is 11.3. The van der Waals surface area contributed by atoms with Gasteiger partial charge in [0.1, 0.15) is 0 Å². The monoisotopic (exact) mass is 237 g/mol. The van der Waals surface area contributed by atoms with Crippen molar-refractivity contribution in [2.24, 2.45) is 5.73 Å². The molecule has 0 atom stereocenters. The van der Waals surface area contributed by atoms with Crippen LogP contribution in [-0.4, -0.2) is 36.7 Å². The average Bonchev–Trinajstić information content (AvgIpc) is 2.31. The van der Waals surface area contributed by atoms with Crippen LogP contribution in [-0.2, 0) is 11.3 Å². The number of likely N-dealkylation sites (N-methyl/N-ethyl adjacent to an activating group) is 2. The van der Waals surface area contributed by atoms with Gasteiger partial charge in [0, 0.05) is 26.2 Å². The van der Waals surface area contributed by atoms with Crippen molar-refractivity contribution in [3.05, 3.63) is 16.8 Å². The SMILES string of the molecule is CNC(=O)CN(C)c1nnc(C)c(C)c1CN. The van der Waals surface area contributed by atoms with Gasteiger partial charge in [-0.2, -0.15) is 5.10 Å². The fourth-order valence-corrected chi connectivity index (χ4v) is 1.56. The van der Waals surface area contributed by atoms with Gasteiger partial charge in [-0.05, 0) is 19.4 Å². The smallest absolute Gasteiger partial charge is 0.239 e. The van der Waals surface area contributed by atoms with Crippen molar-refractivity contribution in [3.63, 3.8) is 0 Å². The zero-order valence-corrected chi connectivity index (χ0v) is 10.7. The Labute approximate surface area is 101 Å². The third-order valence-corrected chi connectivity index (χ3v) is 2.79. The van der Waals surface area contributed by atoms with E-state index in [1.807, 2.05) is 13.8 Å². The second kappa shape index (κ2) is 5.58. The summed E-state index contributed by atoms with van der Waals surface area (Å²) in [6, 6.07) is 0. The number of nitrogens with one attached hydrogen (secondary N) is 1. The molecule has 1 rings (SSSR count). The van der Waals surface area contributed by atoms with E-state index < -0.39 is 0 Å². The molecule has 0 unspecified atom stereocenters. The Bertz CT molecular complexity index is 419. The molecule has 3 N–H and O–H groups in total. The molecule has 6 nitrogen and oxygen atoms in total. The van der Waals surface area contributed by atoms with E-state index in [9.17, 15) is 4.79 Å². The number of amides is 1. The number of aromatic nitrogens is 2. The fourth-order valence-electron chi connectivity index (χ4n) is 1.56. The van der Waals surface area contributed by atoms with Gasteiger partial charge in [0.2, 0.25) is 5.91 Å². The van der Waals surface area contributed by atoms with Gasteiger partial charge in [-0.3, -0.25) is 4.79 Å². The molecule has 0 radical (unpaired) electrons. The highest BCUT2D eigenvalue weighted by molar-refractivity contribution is 5.80. The minimum absolute atomic E-state index is 0.0736. The topological polar surface area (TPSA) is 84.1 Å². The van der Waals surface area contributed by atoms with Crippen LogP contribution < -0.4 is 16.0 Å². The summed E-state index contributed by atoms with van der Waals surface area (Å²) in [6.07, 6.45) is 0. The van der Waals surface area contributed by atoms with Gasteiger partial charge in [0.25, 0.3) is 0 Å². The molecule has 0 saturated carbocycles. The van der Waals surface area contributed by atoms with Crippen LogP contribution in [0.4, 0.5) is 5.82 Å². The van der Waals surface area contributed by atoms with Gasteiger partial charge in [0.15, 0.2) is 5.82 Å². The molecule has 0 aliphatic rings. The maximum atomic E-state index is 11.3. The number of carbonyl (C=O) groups is 1. The molecule has 1 aromatic heterocycles. The lowest BCUT2D eigenvalue weighted by atomic mass is 10.1. The zero-order chi connectivity index (χ0) is 13.0. The summed E-state index contributed by atoms with van der Waals surface area (Å²) in [7, 11) is 3.40. The number of nitrogens with two attached hydrogens (primary N) is 1. The van der Waals surface area contributed by atoms with Gasteiger partial charge in [-0.15, -0.1) is 5.10 Å². The molecule has 0 saturated heterocycles. The summed E-state index contributed by atoms with van der Waals surface area (Å²) in [6.45, 7) is 4.48. The Morgan fingerprint density at radius 3 is 2.59 bits per heavy atom. The van der Waals surface area contributed by atoms with E-state index in [-0.39, 0.29) is 12.5 Å². The summed E-state index contributed by atoms with van der Waals surface area (Å²) in [5, 5.41) is 10.7. The Kier molecular flexibility index (Phi) is 4.39. The number of hydrogen-bond donors (Lipinski definition) is 2. The molecule has 1 heterocycles. The zero-order valence-electron chi connectivity index (χ0n) is 10.7. The molecular weight excluding hydrogens is 218 g/mol. The lowest BCUT2D eigenvalue weighted by Crippen LogP contribution is -2.34. The highest BCUT2D eigenvalue weighted by atomic mass is 16.1. The maximum Gasteiger partial charge on any atom is 0.239 e. The molecule has 17 heavy (non-hydrogen) atoms. The van der Waals surface area contributed by atoms with Crippen LogP contribution in [0.2, 0.25) is 0 Å². The number of aryl methyl sites for hydroxylation is 1. The second-order valence-corrected chi connectivity index (χ2v) is 3.95. The summed E-state index contributed by atoms with van der Waals surface area (Å²) in [5.41, 5.74) is 8.55. The lowest BCUT2D eigenvalue weighted by Gasteiger charge is -2.20. The van der Waals surface area contributed by atoms with E-state index >= 15 is 0 Å². The molecule has 0 aliphatic carbocycles. The number of rotatable bonds is 4. The first-order chi connectivity index (χ1) is 8.01. The average molecular weight is 237 g/mol. The summed E-state index contributed by atoms with van der Waals surface area (Å²) in [4.78, 5) is 13.1. The first-order valence-electron chi connectivity index (χ1n) is 5.45. The number of nitrogens with zero attached hydrogens (tertiary/aromatic N) is 3. The molecule has 6 heteroatoms. The largest absolute Gasteiger partial charge is 0.358 e. The van der Waals surface area contributed by atoms with E-state index in [4.69, 9.17) is 5.73 Å². The normalized spacial score (nSPS) is 10.2. The predicted octanol–water partition coefficient (Wildman–Crippen LogP) is -0.266. The Balaban J connectivity index is 3.05. The van der Waals surface area contributed by atoms with Crippen molar-refractivity contribution in [1.82, 2.24) is 15.5 Å². The molecule has 0 bridgehead atoms. The lowest BCUT2D eigenvalue weighted by molar-refractivity contribution is -0.119. The number of hydrogen-bond acceptors (Lipinski definition) is 5. The molecule has 0 aliphatic heterocycles. The van der Waals surface area contributed by atoms with Crippen molar-refractivity contribution in [2.45, 2.75) is 20.4 Å². The van der Waals surface area contributed by atoms with Gasteiger partial charge in [0.05, 0.1) is 12.2 Å². The van der Waals surface area contributed by atoms with Gasteiger partial charge in [-0.25, -0.2) is 0 Å². The number of anilines is 1. The Morgan fingerprint density at radius 2 is 2.06 bits per heavy atom. The van der Waals surface area contributed by atoms with Crippen LogP contribution in [0.15, 0.2) is 0 Å². The minimum Gasteiger partial charge on any atom is -0.358 e. The van der Waals surface area contributed by atoms with Gasteiger partial charge in [-0.1, -0.05) is 0 Å². The van der Waals surface area contributed by atoms with Crippen LogP contribution in [0.3, 0.4) is 0 Å². The van der Waals surface area contributed by atoms with Crippen molar-refractivity contribution in [3.8, 4) is 0 Å². The first-order valence-corrected chi connectivity index (χ1v) is 5.45. The quantitative estimate of drug-likeness (QED) is 0.753. The van der Waals surface area contributed by atoms with E-state index in [1.165, 1.54) is 0 Å². The van der Waals surface area contributed by atoms with Gasteiger partial charge >= 0.3 is 0 Å². The predicted molar refractivity (Wildman–Crippen MR) is 66.7 cm³/mol. The van der Waals surface area contributed by atoms with Crippen LogP contribution in [0.5, 0.6) is 0 Å². The molecule has 1 aromatic rings. The molecular formula is C11H19N5O. The molecule has 0 aromatic carbocycles. The van der Waals surface area contributed by atoms with E-state index in [2.05, 4.69) is 15.5 Å². The van der Waals surface area contributed by atoms with Crippen LogP contribution in [0.25, 0.3) is 0 Å². The molecule has 1 amide bonds. The van der Waals surface area contributed by atoms with Crippen molar-refractivity contribution in [2.75, 3.05) is 25.5 Å². The second-order valence-electron chi connectivity index (χ2n) is 3.95. The van der Waals surface area contributed by atoms with Crippen molar-refractivity contribution < 1.29 is 4.79 Å². The molecule has 0 spiro atoms. The van der Waals surface area contributed by atoms with Crippen LogP contribution in [0, 0.1) is 13.8 Å². The highest BCUT2D eigenvalue weighted by Crippen LogP contribution is 2.20. The van der Waals surface area contributed by atoms with E-state index in [0.29, 0.717) is 12.4 Å².